The molecule has 10 heteroatoms. The molecule has 0 amide bonds. The number of aryl methyl sites for hydroxylation is 2. The highest BCUT2D eigenvalue weighted by Crippen LogP contribution is 2.38. The van der Waals surface area contributed by atoms with Crippen molar-refractivity contribution < 1.29 is 13.5 Å². The summed E-state index contributed by atoms with van der Waals surface area (Å²) in [6, 6.07) is 9.37. The number of sulfonamides is 1. The predicted molar refractivity (Wildman–Crippen MR) is 124 cm³/mol. The Morgan fingerprint density at radius 3 is 2.53 bits per heavy atom. The van der Waals surface area contributed by atoms with Gasteiger partial charge in [0.25, 0.3) is 0 Å². The van der Waals surface area contributed by atoms with Crippen molar-refractivity contribution in [3.8, 4) is 17.2 Å². The minimum Gasteiger partial charge on any atom is -0.396 e. The van der Waals surface area contributed by atoms with E-state index in [0.717, 1.165) is 11.1 Å². The van der Waals surface area contributed by atoms with Crippen molar-refractivity contribution in [2.45, 2.75) is 51.4 Å². The maximum absolute atomic E-state index is 12.8. The molecule has 0 aliphatic carbocycles. The molecule has 0 radical (unpaired) electrons. The third-order valence-electron chi connectivity index (χ3n) is 5.15. The van der Waals surface area contributed by atoms with E-state index in [9.17, 15) is 18.8 Å². The highest BCUT2D eigenvalue weighted by atomic mass is 32.2. The van der Waals surface area contributed by atoms with Gasteiger partial charge in [-0.05, 0) is 32.8 Å². The van der Waals surface area contributed by atoms with Crippen LogP contribution in [0.25, 0.3) is 22.2 Å². The van der Waals surface area contributed by atoms with Gasteiger partial charge in [-0.2, -0.15) is 5.26 Å². The molecule has 0 bridgehead atoms. The fraction of sp³-hybridized carbons (Fsp3) is 0.409. The zero-order valence-electron chi connectivity index (χ0n) is 18.4. The van der Waals surface area contributed by atoms with Crippen molar-refractivity contribution in [1.29, 1.82) is 5.26 Å². The number of nitrogens with two attached hydrogens (primary N) is 1. The van der Waals surface area contributed by atoms with Crippen molar-refractivity contribution in [1.82, 2.24) is 19.3 Å². The van der Waals surface area contributed by atoms with E-state index in [2.05, 4.69) is 14.7 Å². The first-order valence-electron chi connectivity index (χ1n) is 10.4. The van der Waals surface area contributed by atoms with E-state index in [4.69, 9.17) is 5.73 Å². The Morgan fingerprint density at radius 1 is 1.25 bits per heavy atom. The molecule has 2 aromatic heterocycles. The molecule has 1 aromatic carbocycles. The van der Waals surface area contributed by atoms with Crippen LogP contribution in [0.4, 0.5) is 5.82 Å². The number of benzene rings is 1. The lowest BCUT2D eigenvalue weighted by atomic mass is 9.99. The highest BCUT2D eigenvalue weighted by molar-refractivity contribution is 7.90. The molecule has 32 heavy (non-hydrogen) atoms. The number of nitriles is 1. The van der Waals surface area contributed by atoms with E-state index in [1.165, 1.54) is 6.33 Å². The van der Waals surface area contributed by atoms with Gasteiger partial charge in [0, 0.05) is 36.9 Å². The average molecular weight is 457 g/mol. The number of hydrogen-bond acceptors (Lipinski definition) is 7. The summed E-state index contributed by atoms with van der Waals surface area (Å²) in [4.78, 5) is 8.55. The molecular weight excluding hydrogens is 428 g/mol. The quantitative estimate of drug-likeness (QED) is 0.447. The van der Waals surface area contributed by atoms with Gasteiger partial charge < -0.3 is 15.4 Å². The standard InChI is InChI=1S/C22H28N6O3S/c1-14(2)27-32(30,31)17(12-23)11-18-19(16-7-5-15(3)6-8-16)20-21(24)25-13-26-22(20)28(18)9-4-10-29/h5-8,13-14,17,27,29H,4,9-11H2,1-3H3,(H2,24,25,26). The fourth-order valence-corrected chi connectivity index (χ4v) is 5.10. The second kappa shape index (κ2) is 9.65. The van der Waals surface area contributed by atoms with Gasteiger partial charge in [-0.25, -0.2) is 23.1 Å². The number of aliphatic hydroxyl groups excluding tert-OH is 1. The Balaban J connectivity index is 2.29. The molecule has 2 heterocycles. The molecule has 170 valence electrons. The van der Waals surface area contributed by atoms with Gasteiger partial charge in [0.1, 0.15) is 17.8 Å². The second-order valence-electron chi connectivity index (χ2n) is 8.01. The summed E-state index contributed by atoms with van der Waals surface area (Å²) in [5.74, 6) is 0.270. The van der Waals surface area contributed by atoms with E-state index in [0.29, 0.717) is 35.3 Å². The first-order valence-corrected chi connectivity index (χ1v) is 11.9. The summed E-state index contributed by atoms with van der Waals surface area (Å²) in [7, 11) is -3.90. The number of anilines is 1. The monoisotopic (exact) mass is 456 g/mol. The fourth-order valence-electron chi connectivity index (χ4n) is 3.77. The van der Waals surface area contributed by atoms with Gasteiger partial charge in [0.2, 0.25) is 10.0 Å². The van der Waals surface area contributed by atoms with Crippen LogP contribution in [-0.2, 0) is 23.0 Å². The second-order valence-corrected chi connectivity index (χ2v) is 9.91. The summed E-state index contributed by atoms with van der Waals surface area (Å²) < 4.78 is 30.0. The summed E-state index contributed by atoms with van der Waals surface area (Å²) in [5.41, 5.74) is 10.0. The van der Waals surface area contributed by atoms with E-state index < -0.39 is 15.3 Å². The largest absolute Gasteiger partial charge is 0.396 e. The zero-order chi connectivity index (χ0) is 23.5. The maximum atomic E-state index is 12.8. The van der Waals surface area contributed by atoms with Crippen molar-refractivity contribution in [3.05, 3.63) is 41.9 Å². The van der Waals surface area contributed by atoms with Crippen LogP contribution >= 0.6 is 0 Å². The lowest BCUT2D eigenvalue weighted by Gasteiger charge is -2.17. The number of fused-ring (bicyclic) bond motifs is 1. The van der Waals surface area contributed by atoms with Gasteiger partial charge >= 0.3 is 0 Å². The molecule has 3 aromatic rings. The molecule has 0 saturated carbocycles. The average Bonchev–Trinajstić information content (AvgIpc) is 3.04. The number of nitrogens with zero attached hydrogens (tertiary/aromatic N) is 4. The van der Waals surface area contributed by atoms with E-state index >= 15 is 0 Å². The summed E-state index contributed by atoms with van der Waals surface area (Å²) in [6.45, 7) is 5.73. The van der Waals surface area contributed by atoms with Crippen LogP contribution in [0.15, 0.2) is 30.6 Å². The number of aromatic nitrogens is 3. The number of nitrogen functional groups attached to an aromatic ring is 1. The molecular formula is C22H28N6O3S. The zero-order valence-corrected chi connectivity index (χ0v) is 19.2. The molecule has 4 N–H and O–H groups in total. The Hall–Kier alpha value is -3.00. The van der Waals surface area contributed by atoms with Crippen molar-refractivity contribution in [2.75, 3.05) is 12.3 Å². The third kappa shape index (κ3) is 4.75. The van der Waals surface area contributed by atoms with E-state index in [-0.39, 0.29) is 24.9 Å². The Labute approximate surface area is 188 Å². The Kier molecular flexibility index (Phi) is 7.13. The van der Waals surface area contributed by atoms with Gasteiger partial charge in [0.05, 0.1) is 11.5 Å². The minimum absolute atomic E-state index is 0.0472. The van der Waals surface area contributed by atoms with Crippen molar-refractivity contribution >= 4 is 26.9 Å². The number of nitrogens with one attached hydrogen (secondary N) is 1. The summed E-state index contributed by atoms with van der Waals surface area (Å²) >= 11 is 0. The van der Waals surface area contributed by atoms with E-state index in [1.807, 2.05) is 41.8 Å². The van der Waals surface area contributed by atoms with Crippen LogP contribution < -0.4 is 10.5 Å². The summed E-state index contributed by atoms with van der Waals surface area (Å²) in [5, 5.41) is 18.5. The van der Waals surface area contributed by atoms with Crippen molar-refractivity contribution in [2.24, 2.45) is 0 Å². The minimum atomic E-state index is -3.90. The lowest BCUT2D eigenvalue weighted by Crippen LogP contribution is -2.39. The number of aliphatic hydroxyl groups is 1. The molecule has 0 saturated heterocycles. The van der Waals surface area contributed by atoms with Crippen LogP contribution in [0, 0.1) is 18.3 Å². The molecule has 1 unspecified atom stereocenters. The topological polar surface area (TPSA) is 147 Å². The van der Waals surface area contributed by atoms with Crippen LogP contribution in [0.3, 0.4) is 0 Å². The Morgan fingerprint density at radius 2 is 1.94 bits per heavy atom. The molecule has 9 nitrogen and oxygen atoms in total. The van der Waals surface area contributed by atoms with Crippen molar-refractivity contribution in [3.63, 3.8) is 0 Å². The van der Waals surface area contributed by atoms with Crippen LogP contribution in [0.5, 0.6) is 0 Å². The maximum Gasteiger partial charge on any atom is 0.228 e. The SMILES string of the molecule is Cc1ccc(-c2c(CC(C#N)S(=O)(=O)NC(C)C)n(CCCO)c3ncnc(N)c23)cc1. The number of rotatable bonds is 9. The first kappa shape index (κ1) is 23.7. The normalized spacial score (nSPS) is 12.9. The molecule has 0 aliphatic heterocycles. The van der Waals surface area contributed by atoms with Crippen LogP contribution in [0.1, 0.15) is 31.5 Å². The highest BCUT2D eigenvalue weighted by Gasteiger charge is 2.31. The molecule has 0 aliphatic rings. The molecule has 0 fully saturated rings. The molecule has 3 rings (SSSR count). The van der Waals surface area contributed by atoms with E-state index in [1.54, 1.807) is 13.8 Å². The smallest absolute Gasteiger partial charge is 0.228 e. The van der Waals surface area contributed by atoms with Gasteiger partial charge in [-0.15, -0.1) is 0 Å². The third-order valence-corrected chi connectivity index (χ3v) is 6.98. The van der Waals surface area contributed by atoms with Gasteiger partial charge in [-0.1, -0.05) is 29.8 Å². The predicted octanol–water partition coefficient (Wildman–Crippen LogP) is 2.13. The summed E-state index contributed by atoms with van der Waals surface area (Å²) in [6.07, 6.45) is 1.72. The number of hydrogen-bond donors (Lipinski definition) is 3. The van der Waals surface area contributed by atoms with Gasteiger partial charge in [-0.3, -0.25) is 0 Å². The van der Waals surface area contributed by atoms with Crippen LogP contribution in [-0.4, -0.2) is 46.0 Å². The van der Waals surface area contributed by atoms with Crippen LogP contribution in [0.2, 0.25) is 0 Å². The first-order chi connectivity index (χ1) is 15.2. The lowest BCUT2D eigenvalue weighted by molar-refractivity contribution is 0.280. The Bertz CT molecular complexity index is 1240. The van der Waals surface area contributed by atoms with Gasteiger partial charge in [0.15, 0.2) is 5.25 Å². The molecule has 1 atom stereocenters. The molecule has 0 spiro atoms.